The number of nitrogens with two attached hydrogens (primary N) is 1. The van der Waals surface area contributed by atoms with Gasteiger partial charge in [0.1, 0.15) is 18.5 Å². The van der Waals surface area contributed by atoms with E-state index >= 15 is 0 Å². The maximum Gasteiger partial charge on any atom is 0.250 e. The van der Waals surface area contributed by atoms with E-state index < -0.39 is 30.3 Å². The molecule has 0 aliphatic heterocycles. The van der Waals surface area contributed by atoms with Gasteiger partial charge in [-0.1, -0.05) is 0 Å². The average molecular weight is 464 g/mol. The molecule has 0 spiro atoms. The van der Waals surface area contributed by atoms with Crippen molar-refractivity contribution < 1.29 is 28.5 Å². The number of hydrogen-bond donors (Lipinski definition) is 4. The Morgan fingerprint density at radius 2 is 2.04 bits per heavy atom. The highest BCUT2D eigenvalue weighted by Crippen LogP contribution is 2.32. The van der Waals surface area contributed by atoms with Crippen LogP contribution in [0.5, 0.6) is 5.75 Å². The molecule has 1 amide bonds. The highest BCUT2D eigenvalue weighted by Gasteiger charge is 2.20. The summed E-state index contributed by atoms with van der Waals surface area (Å²) >= 11 is 1.92. The topological polar surface area (TPSA) is 105 Å². The van der Waals surface area contributed by atoms with E-state index in [1.165, 1.54) is 18.2 Å². The van der Waals surface area contributed by atoms with E-state index in [4.69, 9.17) is 15.6 Å². The Bertz CT molecular complexity index is 789. The lowest BCUT2D eigenvalue weighted by atomic mass is 10.1. The molecule has 0 fully saturated rings. The molecule has 5 N–H and O–H groups in total. The van der Waals surface area contributed by atoms with Gasteiger partial charge in [0.2, 0.25) is 0 Å². The number of anilines is 2. The Kier molecular flexibility index (Phi) is 6.51. The fourth-order valence-electron chi connectivity index (χ4n) is 1.96. The van der Waals surface area contributed by atoms with Crippen LogP contribution in [-0.4, -0.2) is 35.4 Å². The number of nitrogens with one attached hydrogen (secondary N) is 1. The summed E-state index contributed by atoms with van der Waals surface area (Å²) in [5.41, 5.74) is 4.66. The van der Waals surface area contributed by atoms with E-state index in [1.807, 2.05) is 22.6 Å². The molecule has 0 saturated heterocycles. The van der Waals surface area contributed by atoms with Gasteiger partial charge >= 0.3 is 0 Å². The predicted octanol–water partition coefficient (Wildman–Crippen LogP) is 2.14. The number of amides is 1. The first-order valence-electron chi connectivity index (χ1n) is 7.09. The fraction of sp³-hybridized carbons (Fsp3) is 0.188. The second kappa shape index (κ2) is 8.41. The molecule has 0 aliphatic rings. The van der Waals surface area contributed by atoms with Crippen LogP contribution in [0, 0.1) is 15.2 Å². The number of aliphatic hydroxyl groups excluding tert-OH is 2. The molecule has 0 unspecified atom stereocenters. The van der Waals surface area contributed by atoms with Crippen LogP contribution in [0.2, 0.25) is 0 Å². The van der Waals surface area contributed by atoms with E-state index in [-0.39, 0.29) is 29.3 Å². The number of aliphatic hydroxyl groups is 2. The summed E-state index contributed by atoms with van der Waals surface area (Å²) in [7, 11) is 0. The molecule has 6 nitrogen and oxygen atoms in total. The van der Waals surface area contributed by atoms with Crippen LogP contribution in [0.1, 0.15) is 10.4 Å². The van der Waals surface area contributed by atoms with Gasteiger partial charge in [-0.3, -0.25) is 4.79 Å². The van der Waals surface area contributed by atoms with Crippen molar-refractivity contribution in [3.63, 3.8) is 0 Å². The maximum absolute atomic E-state index is 14.7. The summed E-state index contributed by atoms with van der Waals surface area (Å²) < 4.78 is 34.4. The number of rotatable bonds is 7. The van der Waals surface area contributed by atoms with Gasteiger partial charge in [0, 0.05) is 3.57 Å². The molecule has 2 rings (SSSR count). The van der Waals surface area contributed by atoms with E-state index in [0.29, 0.717) is 3.57 Å². The normalized spacial score (nSPS) is 11.9. The maximum atomic E-state index is 14.7. The number of benzene rings is 2. The minimum absolute atomic E-state index is 0.0469. The van der Waals surface area contributed by atoms with Crippen LogP contribution in [0.3, 0.4) is 0 Å². The zero-order valence-electron chi connectivity index (χ0n) is 12.8. The zero-order valence-corrected chi connectivity index (χ0v) is 15.0. The van der Waals surface area contributed by atoms with Gasteiger partial charge in [0.15, 0.2) is 11.6 Å². The molecule has 2 aromatic rings. The van der Waals surface area contributed by atoms with Gasteiger partial charge in [-0.05, 0) is 52.9 Å². The van der Waals surface area contributed by atoms with Gasteiger partial charge in [-0.15, -0.1) is 0 Å². The van der Waals surface area contributed by atoms with Crippen LogP contribution >= 0.6 is 22.6 Å². The Labute approximate surface area is 155 Å². The number of halogens is 3. The third-order valence-electron chi connectivity index (χ3n) is 3.20. The van der Waals surface area contributed by atoms with Crippen molar-refractivity contribution in [2.45, 2.75) is 6.10 Å². The van der Waals surface area contributed by atoms with E-state index in [2.05, 4.69) is 5.32 Å². The van der Waals surface area contributed by atoms with Gasteiger partial charge in [-0.25, -0.2) is 8.78 Å². The van der Waals surface area contributed by atoms with E-state index in [1.54, 1.807) is 6.07 Å². The highest BCUT2D eigenvalue weighted by atomic mass is 127. The standard InChI is InChI=1S/C16H15F2IN2O4/c17-11-5-8(19)1-3-12(11)21-15-10(16(20)24)2-4-13(14(15)18)25-7-9(23)6-22/h1-5,9,21-23H,6-7H2,(H2,20,24)/t9-/m1/s1. The molecule has 134 valence electrons. The van der Waals surface area contributed by atoms with Crippen molar-refractivity contribution >= 4 is 39.9 Å². The van der Waals surface area contributed by atoms with Crippen LogP contribution in [0.25, 0.3) is 0 Å². The lowest BCUT2D eigenvalue weighted by Gasteiger charge is -2.16. The highest BCUT2D eigenvalue weighted by molar-refractivity contribution is 14.1. The second-order valence-electron chi connectivity index (χ2n) is 5.06. The van der Waals surface area contributed by atoms with Gasteiger partial charge < -0.3 is 26.0 Å². The molecule has 2 aromatic carbocycles. The molecular formula is C16H15F2IN2O4. The summed E-state index contributed by atoms with van der Waals surface area (Å²) in [5, 5.41) is 20.6. The zero-order chi connectivity index (χ0) is 18.6. The SMILES string of the molecule is NC(=O)c1ccc(OC[C@H](O)CO)c(F)c1Nc1ccc(I)cc1F. The van der Waals surface area contributed by atoms with Crippen LogP contribution < -0.4 is 15.8 Å². The fourth-order valence-corrected chi connectivity index (χ4v) is 2.41. The first-order chi connectivity index (χ1) is 11.8. The Morgan fingerprint density at radius 3 is 2.64 bits per heavy atom. The number of primary amides is 1. The summed E-state index contributed by atoms with van der Waals surface area (Å²) in [6, 6.07) is 6.62. The second-order valence-corrected chi connectivity index (χ2v) is 6.31. The largest absolute Gasteiger partial charge is 0.488 e. The number of hydrogen-bond acceptors (Lipinski definition) is 5. The molecule has 0 radical (unpaired) electrons. The molecular weight excluding hydrogens is 449 g/mol. The van der Waals surface area contributed by atoms with Gasteiger partial charge in [-0.2, -0.15) is 0 Å². The molecule has 25 heavy (non-hydrogen) atoms. The van der Waals surface area contributed by atoms with Crippen LogP contribution in [0.15, 0.2) is 30.3 Å². The van der Waals surface area contributed by atoms with Crippen molar-refractivity contribution in [2.75, 3.05) is 18.5 Å². The van der Waals surface area contributed by atoms with Crippen molar-refractivity contribution in [1.82, 2.24) is 0 Å². The van der Waals surface area contributed by atoms with Crippen molar-refractivity contribution in [3.8, 4) is 5.75 Å². The van der Waals surface area contributed by atoms with E-state index in [0.717, 1.165) is 6.07 Å². The van der Waals surface area contributed by atoms with Crippen molar-refractivity contribution in [2.24, 2.45) is 5.73 Å². The first kappa shape index (κ1) is 19.3. The monoisotopic (exact) mass is 464 g/mol. The molecule has 1 atom stereocenters. The van der Waals surface area contributed by atoms with Crippen molar-refractivity contribution in [3.05, 3.63) is 51.1 Å². The van der Waals surface area contributed by atoms with E-state index in [9.17, 15) is 18.7 Å². The molecule has 0 heterocycles. The molecule has 9 heteroatoms. The quantitative estimate of drug-likeness (QED) is 0.471. The predicted molar refractivity (Wildman–Crippen MR) is 95.9 cm³/mol. The Hall–Kier alpha value is -1.98. The molecule has 0 bridgehead atoms. The lowest BCUT2D eigenvalue weighted by Crippen LogP contribution is -2.22. The molecule has 0 saturated carbocycles. The van der Waals surface area contributed by atoms with Gasteiger partial charge in [0.05, 0.1) is 23.5 Å². The van der Waals surface area contributed by atoms with Crippen molar-refractivity contribution in [1.29, 1.82) is 0 Å². The Morgan fingerprint density at radius 1 is 1.32 bits per heavy atom. The summed E-state index contributed by atoms with van der Waals surface area (Å²) in [5.74, 6) is -2.80. The summed E-state index contributed by atoms with van der Waals surface area (Å²) in [4.78, 5) is 11.5. The average Bonchev–Trinajstić information content (AvgIpc) is 2.57. The number of carbonyl (C=O) groups is 1. The third-order valence-corrected chi connectivity index (χ3v) is 3.88. The summed E-state index contributed by atoms with van der Waals surface area (Å²) in [6.45, 7) is -0.916. The number of carbonyl (C=O) groups excluding carboxylic acids is 1. The molecule has 0 aliphatic carbocycles. The van der Waals surface area contributed by atoms with Gasteiger partial charge in [0.25, 0.3) is 5.91 Å². The summed E-state index contributed by atoms with van der Waals surface area (Å²) in [6.07, 6.45) is -1.19. The smallest absolute Gasteiger partial charge is 0.250 e. The number of ether oxygens (including phenoxy) is 1. The first-order valence-corrected chi connectivity index (χ1v) is 8.17. The lowest BCUT2D eigenvalue weighted by molar-refractivity contribution is 0.0524. The molecule has 0 aromatic heterocycles. The van der Waals surface area contributed by atoms with Crippen LogP contribution in [-0.2, 0) is 0 Å². The minimum atomic E-state index is -1.19. The minimum Gasteiger partial charge on any atom is -0.488 e. The van der Waals surface area contributed by atoms with Crippen LogP contribution in [0.4, 0.5) is 20.2 Å². The Balaban J connectivity index is 2.40. The third kappa shape index (κ3) is 4.77.